The van der Waals surface area contributed by atoms with Crippen LogP contribution in [0.2, 0.25) is 0 Å². The zero-order valence-corrected chi connectivity index (χ0v) is 13.0. The number of carbonyl (C=O) groups excluding carboxylic acids is 1. The standard InChI is InChI=1S/C14H30N2O3/c1-6-9-16-14(4,12(15)17)8-11-19-10-7-13(2,3)18-5/h16H,6-11H2,1-5H3,(H2,15,17). The van der Waals surface area contributed by atoms with Gasteiger partial charge in [0.05, 0.1) is 11.1 Å². The van der Waals surface area contributed by atoms with E-state index in [1.807, 2.05) is 20.8 Å². The van der Waals surface area contributed by atoms with Gasteiger partial charge in [0.15, 0.2) is 0 Å². The SMILES string of the molecule is CCCNC(C)(CCOCCC(C)(C)OC)C(N)=O. The Morgan fingerprint density at radius 3 is 2.26 bits per heavy atom. The van der Waals surface area contributed by atoms with Gasteiger partial charge in [-0.2, -0.15) is 0 Å². The maximum atomic E-state index is 11.5. The predicted octanol–water partition coefficient (Wildman–Crippen LogP) is 1.45. The van der Waals surface area contributed by atoms with Crippen molar-refractivity contribution in [3.8, 4) is 0 Å². The number of hydrogen-bond donors (Lipinski definition) is 2. The molecule has 0 aliphatic rings. The molecule has 0 saturated heterocycles. The van der Waals surface area contributed by atoms with Gasteiger partial charge in [0, 0.05) is 20.3 Å². The lowest BCUT2D eigenvalue weighted by atomic mass is 9.97. The van der Waals surface area contributed by atoms with E-state index < -0.39 is 5.54 Å². The molecule has 114 valence electrons. The Bertz CT molecular complexity index is 269. The van der Waals surface area contributed by atoms with Gasteiger partial charge in [0.1, 0.15) is 0 Å². The highest BCUT2D eigenvalue weighted by atomic mass is 16.5. The summed E-state index contributed by atoms with van der Waals surface area (Å²) in [6.07, 6.45) is 2.36. The second-order valence-corrected chi connectivity index (χ2v) is 5.70. The van der Waals surface area contributed by atoms with E-state index in [-0.39, 0.29) is 11.5 Å². The van der Waals surface area contributed by atoms with Crippen LogP contribution in [0.1, 0.15) is 47.0 Å². The number of nitrogens with one attached hydrogen (secondary N) is 1. The molecule has 0 aromatic rings. The van der Waals surface area contributed by atoms with Gasteiger partial charge >= 0.3 is 0 Å². The molecule has 0 bridgehead atoms. The van der Waals surface area contributed by atoms with E-state index in [0.29, 0.717) is 19.6 Å². The first-order valence-corrected chi connectivity index (χ1v) is 6.95. The number of rotatable bonds is 11. The molecule has 0 radical (unpaired) electrons. The Hall–Kier alpha value is -0.650. The quantitative estimate of drug-likeness (QED) is 0.559. The molecule has 3 N–H and O–H groups in total. The van der Waals surface area contributed by atoms with Gasteiger partial charge in [-0.05, 0) is 46.6 Å². The summed E-state index contributed by atoms with van der Waals surface area (Å²) in [4.78, 5) is 11.5. The minimum atomic E-state index is -0.688. The summed E-state index contributed by atoms with van der Waals surface area (Å²) in [5.74, 6) is -0.332. The topological polar surface area (TPSA) is 73.6 Å². The lowest BCUT2D eigenvalue weighted by molar-refractivity contribution is -0.124. The van der Waals surface area contributed by atoms with Crippen molar-refractivity contribution in [3.05, 3.63) is 0 Å². The van der Waals surface area contributed by atoms with Crippen LogP contribution in [0, 0.1) is 0 Å². The summed E-state index contributed by atoms with van der Waals surface area (Å²) < 4.78 is 10.9. The normalized spacial score (nSPS) is 15.2. The molecule has 0 spiro atoms. The van der Waals surface area contributed by atoms with E-state index in [4.69, 9.17) is 15.2 Å². The fourth-order valence-corrected chi connectivity index (χ4v) is 1.50. The molecule has 0 aliphatic heterocycles. The van der Waals surface area contributed by atoms with Crippen molar-refractivity contribution >= 4 is 5.91 Å². The smallest absolute Gasteiger partial charge is 0.237 e. The Morgan fingerprint density at radius 1 is 1.21 bits per heavy atom. The maximum Gasteiger partial charge on any atom is 0.237 e. The zero-order valence-electron chi connectivity index (χ0n) is 13.0. The Morgan fingerprint density at radius 2 is 1.79 bits per heavy atom. The van der Waals surface area contributed by atoms with Gasteiger partial charge in [-0.3, -0.25) is 4.79 Å². The molecule has 1 amide bonds. The molecule has 5 heteroatoms. The molecule has 0 aliphatic carbocycles. The molecule has 0 heterocycles. The van der Waals surface area contributed by atoms with Gasteiger partial charge in [-0.15, -0.1) is 0 Å². The summed E-state index contributed by atoms with van der Waals surface area (Å²) in [7, 11) is 1.69. The average molecular weight is 274 g/mol. The van der Waals surface area contributed by atoms with Gasteiger partial charge < -0.3 is 20.5 Å². The molecule has 0 saturated carbocycles. The zero-order chi connectivity index (χ0) is 14.9. The number of ether oxygens (including phenoxy) is 2. The van der Waals surface area contributed by atoms with Crippen LogP contribution >= 0.6 is 0 Å². The average Bonchev–Trinajstić information content (AvgIpc) is 2.35. The van der Waals surface area contributed by atoms with Crippen molar-refractivity contribution in [2.45, 2.75) is 58.1 Å². The van der Waals surface area contributed by atoms with Gasteiger partial charge in [0.2, 0.25) is 5.91 Å². The van der Waals surface area contributed by atoms with Gasteiger partial charge in [0.25, 0.3) is 0 Å². The third-order valence-corrected chi connectivity index (χ3v) is 3.46. The summed E-state index contributed by atoms with van der Waals surface area (Å²) in [5.41, 5.74) is 4.58. The van der Waals surface area contributed by atoms with Crippen molar-refractivity contribution in [3.63, 3.8) is 0 Å². The highest BCUT2D eigenvalue weighted by Gasteiger charge is 2.29. The summed E-state index contributed by atoms with van der Waals surface area (Å²) in [6.45, 7) is 9.82. The van der Waals surface area contributed by atoms with Crippen molar-refractivity contribution in [1.82, 2.24) is 5.32 Å². The second-order valence-electron chi connectivity index (χ2n) is 5.70. The van der Waals surface area contributed by atoms with E-state index in [2.05, 4.69) is 12.2 Å². The third kappa shape index (κ3) is 7.50. The first-order valence-electron chi connectivity index (χ1n) is 6.95. The minimum absolute atomic E-state index is 0.173. The van der Waals surface area contributed by atoms with Crippen molar-refractivity contribution in [2.24, 2.45) is 5.73 Å². The summed E-state index contributed by atoms with van der Waals surface area (Å²) in [5, 5.41) is 3.18. The lowest BCUT2D eigenvalue weighted by Gasteiger charge is -2.28. The van der Waals surface area contributed by atoms with Crippen LogP contribution in [0.15, 0.2) is 0 Å². The number of hydrogen-bond acceptors (Lipinski definition) is 4. The first kappa shape index (κ1) is 18.4. The second kappa shape index (κ2) is 8.51. The number of nitrogens with two attached hydrogens (primary N) is 1. The van der Waals surface area contributed by atoms with Crippen LogP contribution < -0.4 is 11.1 Å². The number of methoxy groups -OCH3 is 1. The van der Waals surface area contributed by atoms with E-state index in [0.717, 1.165) is 19.4 Å². The molecule has 0 rings (SSSR count). The van der Waals surface area contributed by atoms with Crippen molar-refractivity contribution in [2.75, 3.05) is 26.9 Å². The van der Waals surface area contributed by atoms with E-state index >= 15 is 0 Å². The van der Waals surface area contributed by atoms with Crippen LogP contribution in [-0.4, -0.2) is 43.9 Å². The molecule has 0 aromatic carbocycles. The van der Waals surface area contributed by atoms with E-state index in [1.54, 1.807) is 7.11 Å². The largest absolute Gasteiger partial charge is 0.381 e. The molecule has 1 unspecified atom stereocenters. The van der Waals surface area contributed by atoms with Crippen LogP contribution in [-0.2, 0) is 14.3 Å². The van der Waals surface area contributed by atoms with Gasteiger partial charge in [-0.1, -0.05) is 6.92 Å². The van der Waals surface area contributed by atoms with Crippen LogP contribution in [0.5, 0.6) is 0 Å². The van der Waals surface area contributed by atoms with Crippen molar-refractivity contribution < 1.29 is 14.3 Å². The third-order valence-electron chi connectivity index (χ3n) is 3.46. The highest BCUT2D eigenvalue weighted by molar-refractivity contribution is 5.84. The monoisotopic (exact) mass is 274 g/mol. The van der Waals surface area contributed by atoms with Gasteiger partial charge in [-0.25, -0.2) is 0 Å². The molecular formula is C14H30N2O3. The number of carbonyl (C=O) groups is 1. The maximum absolute atomic E-state index is 11.5. The minimum Gasteiger partial charge on any atom is -0.381 e. The number of primary amides is 1. The lowest BCUT2D eigenvalue weighted by Crippen LogP contribution is -2.54. The summed E-state index contributed by atoms with van der Waals surface area (Å²) in [6, 6.07) is 0. The molecule has 5 nitrogen and oxygen atoms in total. The fourth-order valence-electron chi connectivity index (χ4n) is 1.50. The predicted molar refractivity (Wildman–Crippen MR) is 77.0 cm³/mol. The molecule has 0 fully saturated rings. The number of amides is 1. The molecule has 19 heavy (non-hydrogen) atoms. The van der Waals surface area contributed by atoms with Crippen LogP contribution in [0.25, 0.3) is 0 Å². The first-order chi connectivity index (χ1) is 8.77. The summed E-state index contributed by atoms with van der Waals surface area (Å²) >= 11 is 0. The fraction of sp³-hybridized carbons (Fsp3) is 0.929. The Balaban J connectivity index is 3.98. The van der Waals surface area contributed by atoms with Crippen LogP contribution in [0.4, 0.5) is 0 Å². The molecule has 1 atom stereocenters. The van der Waals surface area contributed by atoms with Crippen molar-refractivity contribution in [1.29, 1.82) is 0 Å². The highest BCUT2D eigenvalue weighted by Crippen LogP contribution is 2.14. The van der Waals surface area contributed by atoms with Crippen LogP contribution in [0.3, 0.4) is 0 Å². The molecular weight excluding hydrogens is 244 g/mol. The Labute approximate surface area is 117 Å². The van der Waals surface area contributed by atoms with E-state index in [1.165, 1.54) is 0 Å². The Kier molecular flexibility index (Phi) is 8.22. The molecule has 0 aromatic heterocycles. The van der Waals surface area contributed by atoms with E-state index in [9.17, 15) is 4.79 Å².